The van der Waals surface area contributed by atoms with Crippen LogP contribution in [0.5, 0.6) is 0 Å². The monoisotopic (exact) mass is 400 g/mol. The minimum absolute atomic E-state index is 0.0440. The standard InChI is InChI=1S/C17H18ClFN2O4S/c1-9(15(23)20-12-4-3-10(19)7-11(12)18)25-16(24)13-8-26-17(2)6-5-14(22)21(13)17/h3-4,7,9,13H,5-6,8H2,1-2H3,(H,20,23)/t9-,13-,17-/m0/s1. The maximum atomic E-state index is 13.1. The number of hydrogen-bond donors (Lipinski definition) is 1. The summed E-state index contributed by atoms with van der Waals surface area (Å²) in [6, 6.07) is 2.87. The van der Waals surface area contributed by atoms with Gasteiger partial charge in [0.25, 0.3) is 5.91 Å². The molecule has 1 aromatic rings. The zero-order valence-electron chi connectivity index (χ0n) is 14.3. The molecule has 26 heavy (non-hydrogen) atoms. The Bertz CT molecular complexity index is 777. The second kappa shape index (κ2) is 7.08. The van der Waals surface area contributed by atoms with Crippen LogP contribution in [0.1, 0.15) is 26.7 Å². The number of fused-ring (bicyclic) bond motifs is 1. The van der Waals surface area contributed by atoms with Crippen molar-refractivity contribution in [2.75, 3.05) is 11.1 Å². The lowest BCUT2D eigenvalue weighted by Gasteiger charge is -2.29. The number of nitrogens with zero attached hydrogens (tertiary/aromatic N) is 1. The number of ether oxygens (including phenoxy) is 1. The first-order chi connectivity index (χ1) is 12.2. The fourth-order valence-electron chi connectivity index (χ4n) is 3.13. The third-order valence-electron chi connectivity index (χ3n) is 4.57. The van der Waals surface area contributed by atoms with Crippen LogP contribution in [0.15, 0.2) is 18.2 Å². The number of benzene rings is 1. The van der Waals surface area contributed by atoms with Crippen molar-refractivity contribution in [2.24, 2.45) is 0 Å². The summed E-state index contributed by atoms with van der Waals surface area (Å²) >= 11 is 7.42. The van der Waals surface area contributed by atoms with Crippen LogP contribution in [0.3, 0.4) is 0 Å². The van der Waals surface area contributed by atoms with Crippen LogP contribution in [0.4, 0.5) is 10.1 Å². The van der Waals surface area contributed by atoms with Gasteiger partial charge in [-0.3, -0.25) is 9.59 Å². The van der Waals surface area contributed by atoms with Crippen LogP contribution >= 0.6 is 23.4 Å². The number of carbonyl (C=O) groups excluding carboxylic acids is 3. The SMILES string of the molecule is C[C@H](OC(=O)[C@@H]1CS[C@@]2(C)CCC(=O)N12)C(=O)Nc1ccc(F)cc1Cl. The average molecular weight is 401 g/mol. The van der Waals surface area contributed by atoms with E-state index < -0.39 is 29.8 Å². The Morgan fingerprint density at radius 3 is 2.92 bits per heavy atom. The van der Waals surface area contributed by atoms with Crippen LogP contribution in [-0.2, 0) is 19.1 Å². The highest BCUT2D eigenvalue weighted by Crippen LogP contribution is 2.47. The largest absolute Gasteiger partial charge is 0.451 e. The summed E-state index contributed by atoms with van der Waals surface area (Å²) in [6.45, 7) is 3.36. The molecule has 0 radical (unpaired) electrons. The number of esters is 1. The summed E-state index contributed by atoms with van der Waals surface area (Å²) in [4.78, 5) is 38.0. The highest BCUT2D eigenvalue weighted by molar-refractivity contribution is 8.01. The Balaban J connectivity index is 1.62. The van der Waals surface area contributed by atoms with Crippen molar-refractivity contribution in [1.29, 1.82) is 0 Å². The lowest BCUT2D eigenvalue weighted by atomic mass is 10.2. The summed E-state index contributed by atoms with van der Waals surface area (Å²) in [5.74, 6) is -1.35. The second-order valence-electron chi connectivity index (χ2n) is 6.46. The Morgan fingerprint density at radius 2 is 2.23 bits per heavy atom. The summed E-state index contributed by atoms with van der Waals surface area (Å²) in [7, 11) is 0. The van der Waals surface area contributed by atoms with Crippen molar-refractivity contribution < 1.29 is 23.5 Å². The van der Waals surface area contributed by atoms with Gasteiger partial charge in [0, 0.05) is 12.2 Å². The third kappa shape index (κ3) is 3.53. The highest BCUT2D eigenvalue weighted by Gasteiger charge is 2.53. The minimum atomic E-state index is -1.09. The van der Waals surface area contributed by atoms with Crippen LogP contribution in [-0.4, -0.2) is 45.5 Å². The maximum Gasteiger partial charge on any atom is 0.330 e. The van der Waals surface area contributed by atoms with Crippen LogP contribution in [0.2, 0.25) is 5.02 Å². The number of halogens is 2. The molecule has 9 heteroatoms. The molecule has 140 valence electrons. The molecule has 3 atom stereocenters. The first-order valence-electron chi connectivity index (χ1n) is 8.14. The minimum Gasteiger partial charge on any atom is -0.451 e. The van der Waals surface area contributed by atoms with Gasteiger partial charge in [-0.15, -0.1) is 11.8 Å². The number of carbonyl (C=O) groups is 3. The molecule has 0 aromatic heterocycles. The number of hydrogen-bond acceptors (Lipinski definition) is 5. The predicted octanol–water partition coefficient (Wildman–Crippen LogP) is 2.80. The van der Waals surface area contributed by atoms with Crippen molar-refractivity contribution in [2.45, 2.75) is 43.7 Å². The van der Waals surface area contributed by atoms with Crippen molar-refractivity contribution in [1.82, 2.24) is 4.90 Å². The quantitative estimate of drug-likeness (QED) is 0.786. The van der Waals surface area contributed by atoms with E-state index in [4.69, 9.17) is 16.3 Å². The molecule has 2 saturated heterocycles. The molecule has 0 aliphatic carbocycles. The van der Waals surface area contributed by atoms with Crippen LogP contribution in [0, 0.1) is 5.82 Å². The number of amides is 2. The van der Waals surface area contributed by atoms with E-state index in [9.17, 15) is 18.8 Å². The molecule has 0 saturated carbocycles. The van der Waals surface area contributed by atoms with Crippen LogP contribution < -0.4 is 5.32 Å². The number of thioether (sulfide) groups is 1. The third-order valence-corrected chi connectivity index (χ3v) is 6.39. The van der Waals surface area contributed by atoms with E-state index in [-0.39, 0.29) is 21.5 Å². The van der Waals surface area contributed by atoms with Crippen LogP contribution in [0.25, 0.3) is 0 Å². The first kappa shape index (κ1) is 19.0. The van der Waals surface area contributed by atoms with Gasteiger partial charge in [-0.25, -0.2) is 9.18 Å². The van der Waals surface area contributed by atoms with Crippen molar-refractivity contribution in [3.05, 3.63) is 29.0 Å². The fourth-order valence-corrected chi connectivity index (χ4v) is 4.76. The van der Waals surface area contributed by atoms with Gasteiger partial charge in [0.1, 0.15) is 11.9 Å². The lowest BCUT2D eigenvalue weighted by Crippen LogP contribution is -2.48. The van der Waals surface area contributed by atoms with E-state index in [1.807, 2.05) is 6.92 Å². The molecule has 6 nitrogen and oxygen atoms in total. The summed E-state index contributed by atoms with van der Waals surface area (Å²) in [5, 5.41) is 2.54. The molecule has 0 bridgehead atoms. The van der Waals surface area contributed by atoms with E-state index in [1.54, 1.807) is 16.7 Å². The molecule has 0 unspecified atom stereocenters. The Kier molecular flexibility index (Phi) is 5.16. The van der Waals surface area contributed by atoms with E-state index >= 15 is 0 Å². The summed E-state index contributed by atoms with van der Waals surface area (Å²) in [6.07, 6.45) is 0.0179. The fraction of sp³-hybridized carbons (Fsp3) is 0.471. The molecule has 2 aliphatic rings. The zero-order valence-corrected chi connectivity index (χ0v) is 15.8. The van der Waals surface area contributed by atoms with Gasteiger partial charge in [-0.05, 0) is 38.5 Å². The van der Waals surface area contributed by atoms with Crippen molar-refractivity contribution >= 4 is 46.8 Å². The van der Waals surface area contributed by atoms with Gasteiger partial charge in [0.05, 0.1) is 15.6 Å². The van der Waals surface area contributed by atoms with E-state index in [0.29, 0.717) is 18.6 Å². The van der Waals surface area contributed by atoms with Gasteiger partial charge < -0.3 is 15.0 Å². The topological polar surface area (TPSA) is 75.7 Å². The molecular weight excluding hydrogens is 383 g/mol. The Hall–Kier alpha value is -1.80. The van der Waals surface area contributed by atoms with Gasteiger partial charge in [0.15, 0.2) is 6.10 Å². The molecular formula is C17H18ClFN2O4S. The number of anilines is 1. The molecule has 2 aliphatic heterocycles. The number of rotatable bonds is 4. The average Bonchev–Trinajstić information content (AvgIpc) is 3.06. The molecule has 3 rings (SSSR count). The molecule has 2 fully saturated rings. The summed E-state index contributed by atoms with van der Waals surface area (Å²) in [5.41, 5.74) is 0.222. The molecule has 2 heterocycles. The van der Waals surface area contributed by atoms with Gasteiger partial charge in [0.2, 0.25) is 5.91 Å². The highest BCUT2D eigenvalue weighted by atomic mass is 35.5. The molecule has 0 spiro atoms. The van der Waals surface area contributed by atoms with E-state index in [2.05, 4.69) is 5.32 Å². The van der Waals surface area contributed by atoms with E-state index in [1.165, 1.54) is 13.0 Å². The normalized spacial score (nSPS) is 25.8. The zero-order chi connectivity index (χ0) is 19.1. The first-order valence-corrected chi connectivity index (χ1v) is 9.50. The Morgan fingerprint density at radius 1 is 1.50 bits per heavy atom. The van der Waals surface area contributed by atoms with Crippen molar-refractivity contribution in [3.8, 4) is 0 Å². The second-order valence-corrected chi connectivity index (χ2v) is 8.37. The molecule has 1 aromatic carbocycles. The predicted molar refractivity (Wildman–Crippen MR) is 96.3 cm³/mol. The molecule has 2 amide bonds. The van der Waals surface area contributed by atoms with E-state index in [0.717, 1.165) is 12.1 Å². The van der Waals surface area contributed by atoms with Gasteiger partial charge >= 0.3 is 5.97 Å². The Labute approximate surface area is 159 Å². The summed E-state index contributed by atoms with van der Waals surface area (Å²) < 4.78 is 18.3. The van der Waals surface area contributed by atoms with Gasteiger partial charge in [-0.2, -0.15) is 0 Å². The van der Waals surface area contributed by atoms with Gasteiger partial charge in [-0.1, -0.05) is 11.6 Å². The lowest BCUT2D eigenvalue weighted by molar-refractivity contribution is -0.160. The number of nitrogens with one attached hydrogen (secondary N) is 1. The maximum absolute atomic E-state index is 13.1. The smallest absolute Gasteiger partial charge is 0.330 e. The van der Waals surface area contributed by atoms with Crippen molar-refractivity contribution in [3.63, 3.8) is 0 Å². The molecule has 1 N–H and O–H groups in total.